The third-order valence-electron chi connectivity index (χ3n) is 1.51. The van der Waals surface area contributed by atoms with Crippen LogP contribution in [0.4, 0.5) is 4.79 Å². The Morgan fingerprint density at radius 2 is 2.18 bits per heavy atom. The standard InChI is InChI=1S/C6H10N2O2S/c9-5-4(2-1-3-11)7-6(10)8-5/h4,11H,1-3H2,(H2,7,8,9,10). The number of thiol groups is 1. The van der Waals surface area contributed by atoms with E-state index in [1.807, 2.05) is 0 Å². The van der Waals surface area contributed by atoms with Gasteiger partial charge < -0.3 is 5.32 Å². The van der Waals surface area contributed by atoms with Crippen LogP contribution in [0, 0.1) is 0 Å². The van der Waals surface area contributed by atoms with Gasteiger partial charge in [-0.1, -0.05) is 0 Å². The number of hydrogen-bond acceptors (Lipinski definition) is 3. The van der Waals surface area contributed by atoms with Crippen LogP contribution in [-0.2, 0) is 4.79 Å². The summed E-state index contributed by atoms with van der Waals surface area (Å²) in [6.45, 7) is 0. The fourth-order valence-corrected chi connectivity index (χ4v) is 1.14. The Kier molecular flexibility index (Phi) is 2.76. The molecule has 1 fully saturated rings. The molecule has 1 unspecified atom stereocenters. The molecule has 62 valence electrons. The number of hydrogen-bond donors (Lipinski definition) is 3. The molecule has 5 heteroatoms. The fourth-order valence-electron chi connectivity index (χ4n) is 0.958. The van der Waals surface area contributed by atoms with Crippen LogP contribution in [0.3, 0.4) is 0 Å². The molecule has 1 aliphatic heterocycles. The first-order chi connectivity index (χ1) is 5.24. The molecular formula is C6H10N2O2S. The first kappa shape index (κ1) is 8.39. The summed E-state index contributed by atoms with van der Waals surface area (Å²) in [5.74, 6) is 0.511. The van der Waals surface area contributed by atoms with Crippen molar-refractivity contribution >= 4 is 24.6 Å². The predicted molar refractivity (Wildman–Crippen MR) is 43.5 cm³/mol. The molecule has 3 amide bonds. The highest BCUT2D eigenvalue weighted by Crippen LogP contribution is 2.02. The number of urea groups is 1. The van der Waals surface area contributed by atoms with Gasteiger partial charge >= 0.3 is 6.03 Å². The van der Waals surface area contributed by atoms with Crippen LogP contribution < -0.4 is 10.6 Å². The van der Waals surface area contributed by atoms with E-state index < -0.39 is 0 Å². The minimum atomic E-state index is -0.390. The summed E-state index contributed by atoms with van der Waals surface area (Å²) in [5.41, 5.74) is 0. The lowest BCUT2D eigenvalue weighted by atomic mass is 10.2. The third-order valence-corrected chi connectivity index (χ3v) is 1.83. The van der Waals surface area contributed by atoms with E-state index in [0.717, 1.165) is 12.2 Å². The third kappa shape index (κ3) is 2.11. The zero-order chi connectivity index (χ0) is 8.27. The summed E-state index contributed by atoms with van der Waals surface area (Å²) in [6, 6.07) is -0.728. The Morgan fingerprint density at radius 3 is 2.64 bits per heavy atom. The Hall–Kier alpha value is -0.710. The number of imide groups is 1. The molecular weight excluding hydrogens is 164 g/mol. The van der Waals surface area contributed by atoms with E-state index in [0.29, 0.717) is 6.42 Å². The zero-order valence-electron chi connectivity index (χ0n) is 5.96. The van der Waals surface area contributed by atoms with Gasteiger partial charge in [-0.25, -0.2) is 4.79 Å². The van der Waals surface area contributed by atoms with Crippen molar-refractivity contribution in [2.24, 2.45) is 0 Å². The average molecular weight is 174 g/mol. The molecule has 0 aromatic carbocycles. The molecule has 0 aromatic rings. The van der Waals surface area contributed by atoms with Gasteiger partial charge in [0.25, 0.3) is 5.91 Å². The predicted octanol–water partition coefficient (Wildman–Crippen LogP) is -0.0956. The monoisotopic (exact) mass is 174 g/mol. The van der Waals surface area contributed by atoms with Gasteiger partial charge in [-0.05, 0) is 18.6 Å². The second kappa shape index (κ2) is 3.61. The highest BCUT2D eigenvalue weighted by molar-refractivity contribution is 7.80. The number of rotatable bonds is 3. The highest BCUT2D eigenvalue weighted by Gasteiger charge is 2.28. The second-order valence-electron chi connectivity index (χ2n) is 2.38. The average Bonchev–Trinajstić information content (AvgIpc) is 2.26. The van der Waals surface area contributed by atoms with Gasteiger partial charge in [0, 0.05) is 0 Å². The lowest BCUT2D eigenvalue weighted by molar-refractivity contribution is -0.120. The number of carbonyl (C=O) groups excluding carboxylic acids is 2. The molecule has 1 saturated heterocycles. The van der Waals surface area contributed by atoms with Gasteiger partial charge in [0.1, 0.15) is 6.04 Å². The second-order valence-corrected chi connectivity index (χ2v) is 2.83. The molecule has 0 radical (unpaired) electrons. The van der Waals surface area contributed by atoms with E-state index >= 15 is 0 Å². The van der Waals surface area contributed by atoms with Crippen molar-refractivity contribution in [3.05, 3.63) is 0 Å². The summed E-state index contributed by atoms with van der Waals surface area (Å²) >= 11 is 4.00. The summed E-state index contributed by atoms with van der Waals surface area (Å²) in [4.78, 5) is 21.4. The van der Waals surface area contributed by atoms with Crippen molar-refractivity contribution in [1.29, 1.82) is 0 Å². The maximum atomic E-state index is 10.9. The normalized spacial score (nSPS) is 23.2. The summed E-state index contributed by atoms with van der Waals surface area (Å²) in [5, 5.41) is 4.67. The molecule has 1 rings (SSSR count). The van der Waals surface area contributed by atoms with Crippen molar-refractivity contribution < 1.29 is 9.59 Å². The maximum Gasteiger partial charge on any atom is 0.322 e. The molecule has 0 bridgehead atoms. The number of amides is 3. The smallest absolute Gasteiger partial charge is 0.322 e. The molecule has 0 aromatic heterocycles. The van der Waals surface area contributed by atoms with Crippen molar-refractivity contribution in [3.8, 4) is 0 Å². The molecule has 2 N–H and O–H groups in total. The molecule has 1 heterocycles. The van der Waals surface area contributed by atoms with Crippen molar-refractivity contribution in [2.75, 3.05) is 5.75 Å². The van der Waals surface area contributed by atoms with E-state index in [2.05, 4.69) is 23.3 Å². The lowest BCUT2D eigenvalue weighted by Crippen LogP contribution is -2.28. The summed E-state index contributed by atoms with van der Waals surface area (Å²) < 4.78 is 0. The van der Waals surface area contributed by atoms with Gasteiger partial charge in [-0.15, -0.1) is 0 Å². The molecule has 0 spiro atoms. The minimum absolute atomic E-state index is 0.225. The lowest BCUT2D eigenvalue weighted by Gasteiger charge is -2.03. The van der Waals surface area contributed by atoms with Crippen molar-refractivity contribution in [2.45, 2.75) is 18.9 Å². The Morgan fingerprint density at radius 1 is 1.45 bits per heavy atom. The van der Waals surface area contributed by atoms with Crippen LogP contribution >= 0.6 is 12.6 Å². The summed E-state index contributed by atoms with van der Waals surface area (Å²) in [6.07, 6.45) is 1.50. The first-order valence-electron chi connectivity index (χ1n) is 3.46. The van der Waals surface area contributed by atoms with E-state index in [4.69, 9.17) is 0 Å². The maximum absolute atomic E-state index is 10.9. The fraction of sp³-hybridized carbons (Fsp3) is 0.667. The molecule has 4 nitrogen and oxygen atoms in total. The SMILES string of the molecule is O=C1NC(=O)C(CCCS)N1. The molecule has 0 aliphatic carbocycles. The van der Waals surface area contributed by atoms with Crippen LogP contribution in [0.2, 0.25) is 0 Å². The van der Waals surface area contributed by atoms with E-state index in [-0.39, 0.29) is 18.0 Å². The van der Waals surface area contributed by atoms with Gasteiger partial charge in [-0.2, -0.15) is 12.6 Å². The van der Waals surface area contributed by atoms with Gasteiger partial charge in [0.15, 0.2) is 0 Å². The van der Waals surface area contributed by atoms with Crippen molar-refractivity contribution in [3.63, 3.8) is 0 Å². The Labute approximate surface area is 70.1 Å². The van der Waals surface area contributed by atoms with Gasteiger partial charge in [0.2, 0.25) is 0 Å². The van der Waals surface area contributed by atoms with E-state index in [1.165, 1.54) is 0 Å². The number of nitrogens with one attached hydrogen (secondary N) is 2. The molecule has 0 saturated carbocycles. The van der Waals surface area contributed by atoms with Crippen LogP contribution in [0.5, 0.6) is 0 Å². The van der Waals surface area contributed by atoms with Crippen LogP contribution in [0.1, 0.15) is 12.8 Å². The first-order valence-corrected chi connectivity index (χ1v) is 4.09. The topological polar surface area (TPSA) is 58.2 Å². The quantitative estimate of drug-likeness (QED) is 0.413. The minimum Gasteiger partial charge on any atom is -0.326 e. The van der Waals surface area contributed by atoms with Crippen LogP contribution in [-0.4, -0.2) is 23.7 Å². The molecule has 1 aliphatic rings. The number of carbonyl (C=O) groups is 2. The van der Waals surface area contributed by atoms with E-state index in [1.54, 1.807) is 0 Å². The largest absolute Gasteiger partial charge is 0.326 e. The highest BCUT2D eigenvalue weighted by atomic mass is 32.1. The molecule has 1 atom stereocenters. The van der Waals surface area contributed by atoms with E-state index in [9.17, 15) is 9.59 Å². The zero-order valence-corrected chi connectivity index (χ0v) is 6.86. The van der Waals surface area contributed by atoms with Crippen LogP contribution in [0.25, 0.3) is 0 Å². The van der Waals surface area contributed by atoms with Gasteiger partial charge in [0.05, 0.1) is 0 Å². The Balaban J connectivity index is 2.34. The molecule has 11 heavy (non-hydrogen) atoms. The summed E-state index contributed by atoms with van der Waals surface area (Å²) in [7, 11) is 0. The Bertz CT molecular complexity index is 183. The van der Waals surface area contributed by atoms with Crippen molar-refractivity contribution in [1.82, 2.24) is 10.6 Å². The van der Waals surface area contributed by atoms with Crippen LogP contribution in [0.15, 0.2) is 0 Å². The van der Waals surface area contributed by atoms with Gasteiger partial charge in [-0.3, -0.25) is 10.1 Å².